The number of ether oxygens (including phenoxy) is 3. The molecule has 0 atom stereocenters. The Kier molecular flexibility index (Phi) is 7.01. The Balaban J connectivity index is 1.94. The molecule has 28 heavy (non-hydrogen) atoms. The molecule has 7 heteroatoms. The molecule has 1 fully saturated rings. The van der Waals surface area contributed by atoms with Crippen molar-refractivity contribution >= 4 is 28.9 Å². The van der Waals surface area contributed by atoms with Gasteiger partial charge in [0.2, 0.25) is 0 Å². The minimum Gasteiger partial charge on any atom is -0.492 e. The number of morpholine rings is 1. The maximum absolute atomic E-state index is 12.7. The van der Waals surface area contributed by atoms with Crippen LogP contribution in [0.4, 0.5) is 11.4 Å². The quantitative estimate of drug-likeness (QED) is 0.748. The first kappa shape index (κ1) is 20.3. The van der Waals surface area contributed by atoms with Crippen molar-refractivity contribution in [3.63, 3.8) is 0 Å². The van der Waals surface area contributed by atoms with Gasteiger partial charge in [-0.15, -0.1) is 0 Å². The van der Waals surface area contributed by atoms with Gasteiger partial charge in [-0.25, -0.2) is 0 Å². The summed E-state index contributed by atoms with van der Waals surface area (Å²) in [5, 5.41) is 3.43. The Hall–Kier alpha value is -2.44. The van der Waals surface area contributed by atoms with Gasteiger partial charge in [0.15, 0.2) is 0 Å². The molecule has 1 heterocycles. The second kappa shape index (κ2) is 9.66. The number of rotatable bonds is 7. The summed E-state index contributed by atoms with van der Waals surface area (Å²) in [6.07, 6.45) is 0. The van der Waals surface area contributed by atoms with Crippen LogP contribution in [0, 0.1) is 0 Å². The average molecular weight is 405 g/mol. The molecule has 150 valence electrons. The minimum absolute atomic E-state index is 0.259. The first-order valence-electron chi connectivity index (χ1n) is 9.45. The first-order chi connectivity index (χ1) is 13.6. The number of anilines is 2. The standard InChI is InChI=1S/C21H25ClN2O4/c1-3-27-19-14-18(24-8-10-26-11-9-24)20(28-4-2)13-17(19)23-21(25)15-6-5-7-16(22)12-15/h5-7,12-14H,3-4,8-11H2,1-2H3,(H,23,25). The smallest absolute Gasteiger partial charge is 0.255 e. The minimum atomic E-state index is -0.259. The predicted molar refractivity (Wildman–Crippen MR) is 111 cm³/mol. The second-order valence-electron chi connectivity index (χ2n) is 6.25. The zero-order chi connectivity index (χ0) is 19.9. The third-order valence-corrected chi connectivity index (χ3v) is 4.58. The maximum atomic E-state index is 12.7. The van der Waals surface area contributed by atoms with Crippen LogP contribution in [0.3, 0.4) is 0 Å². The van der Waals surface area contributed by atoms with Crippen LogP contribution in [0.1, 0.15) is 24.2 Å². The van der Waals surface area contributed by atoms with Crippen LogP contribution < -0.4 is 19.7 Å². The molecular formula is C21H25ClN2O4. The molecule has 1 amide bonds. The van der Waals surface area contributed by atoms with Gasteiger partial charge in [-0.2, -0.15) is 0 Å². The number of hydrogen-bond donors (Lipinski definition) is 1. The van der Waals surface area contributed by atoms with Gasteiger partial charge < -0.3 is 24.4 Å². The van der Waals surface area contributed by atoms with Crippen LogP contribution in [0.2, 0.25) is 5.02 Å². The average Bonchev–Trinajstić information content (AvgIpc) is 2.70. The zero-order valence-corrected chi connectivity index (χ0v) is 16.9. The van der Waals surface area contributed by atoms with E-state index in [-0.39, 0.29) is 5.91 Å². The van der Waals surface area contributed by atoms with Crippen molar-refractivity contribution in [1.82, 2.24) is 0 Å². The van der Waals surface area contributed by atoms with E-state index in [0.29, 0.717) is 54.2 Å². The molecule has 1 N–H and O–H groups in total. The molecule has 0 saturated carbocycles. The van der Waals surface area contributed by atoms with Crippen LogP contribution in [0.15, 0.2) is 36.4 Å². The van der Waals surface area contributed by atoms with Crippen LogP contribution in [-0.2, 0) is 4.74 Å². The van der Waals surface area contributed by atoms with Gasteiger partial charge in [0.1, 0.15) is 11.5 Å². The summed E-state index contributed by atoms with van der Waals surface area (Å²) >= 11 is 6.01. The van der Waals surface area contributed by atoms with Crippen molar-refractivity contribution in [3.8, 4) is 11.5 Å². The number of benzene rings is 2. The highest BCUT2D eigenvalue weighted by atomic mass is 35.5. The fourth-order valence-corrected chi connectivity index (χ4v) is 3.26. The number of nitrogens with one attached hydrogen (secondary N) is 1. The zero-order valence-electron chi connectivity index (χ0n) is 16.2. The maximum Gasteiger partial charge on any atom is 0.255 e. The summed E-state index contributed by atoms with van der Waals surface area (Å²) in [6, 6.07) is 10.6. The lowest BCUT2D eigenvalue weighted by atomic mass is 10.1. The van der Waals surface area contributed by atoms with E-state index in [1.54, 1.807) is 24.3 Å². The van der Waals surface area contributed by atoms with Gasteiger partial charge in [-0.3, -0.25) is 4.79 Å². The van der Waals surface area contributed by atoms with Gasteiger partial charge in [0.25, 0.3) is 5.91 Å². The summed E-state index contributed by atoms with van der Waals surface area (Å²) < 4.78 is 17.1. The van der Waals surface area contributed by atoms with Gasteiger partial charge >= 0.3 is 0 Å². The van der Waals surface area contributed by atoms with Crippen molar-refractivity contribution in [1.29, 1.82) is 0 Å². The summed E-state index contributed by atoms with van der Waals surface area (Å²) in [7, 11) is 0. The first-order valence-corrected chi connectivity index (χ1v) is 9.83. The number of amides is 1. The van der Waals surface area contributed by atoms with E-state index in [9.17, 15) is 4.79 Å². The van der Waals surface area contributed by atoms with Crippen LogP contribution in [0.25, 0.3) is 0 Å². The fraction of sp³-hybridized carbons (Fsp3) is 0.381. The molecule has 6 nitrogen and oxygen atoms in total. The Morgan fingerprint density at radius 2 is 1.82 bits per heavy atom. The summed E-state index contributed by atoms with van der Waals surface area (Å²) in [6.45, 7) is 7.74. The van der Waals surface area contributed by atoms with Gasteiger partial charge in [0.05, 0.1) is 37.8 Å². The Labute approximate surface area is 170 Å². The van der Waals surface area contributed by atoms with E-state index in [1.165, 1.54) is 0 Å². The van der Waals surface area contributed by atoms with E-state index in [4.69, 9.17) is 25.8 Å². The molecule has 0 spiro atoms. The number of hydrogen-bond acceptors (Lipinski definition) is 5. The highest BCUT2D eigenvalue weighted by molar-refractivity contribution is 6.31. The molecule has 0 radical (unpaired) electrons. The summed E-state index contributed by atoms with van der Waals surface area (Å²) in [5.74, 6) is 1.04. The predicted octanol–water partition coefficient (Wildman–Crippen LogP) is 4.23. The van der Waals surface area contributed by atoms with Gasteiger partial charge in [0, 0.05) is 35.8 Å². The molecule has 0 unspecified atom stereocenters. The van der Waals surface area contributed by atoms with Crippen molar-refractivity contribution in [2.24, 2.45) is 0 Å². The molecule has 0 aliphatic carbocycles. The Bertz CT molecular complexity index is 822. The summed E-state index contributed by atoms with van der Waals surface area (Å²) in [5.41, 5.74) is 1.98. The molecule has 2 aromatic carbocycles. The molecule has 0 bridgehead atoms. The largest absolute Gasteiger partial charge is 0.492 e. The molecular weight excluding hydrogens is 380 g/mol. The van der Waals surface area contributed by atoms with Crippen molar-refractivity contribution in [3.05, 3.63) is 47.0 Å². The lowest BCUT2D eigenvalue weighted by Crippen LogP contribution is -2.36. The second-order valence-corrected chi connectivity index (χ2v) is 6.68. The fourth-order valence-electron chi connectivity index (χ4n) is 3.07. The topological polar surface area (TPSA) is 60.0 Å². The van der Waals surface area contributed by atoms with Crippen LogP contribution in [-0.4, -0.2) is 45.4 Å². The third-order valence-electron chi connectivity index (χ3n) is 4.35. The molecule has 1 aliphatic heterocycles. The highest BCUT2D eigenvalue weighted by Gasteiger charge is 2.20. The lowest BCUT2D eigenvalue weighted by molar-refractivity contribution is 0.102. The monoisotopic (exact) mass is 404 g/mol. The Morgan fingerprint density at radius 1 is 1.11 bits per heavy atom. The highest BCUT2D eigenvalue weighted by Crippen LogP contribution is 2.39. The van der Waals surface area contributed by atoms with Crippen LogP contribution >= 0.6 is 11.6 Å². The van der Waals surface area contributed by atoms with Gasteiger partial charge in [-0.1, -0.05) is 17.7 Å². The third kappa shape index (κ3) is 4.88. The van der Waals surface area contributed by atoms with Crippen molar-refractivity contribution in [2.45, 2.75) is 13.8 Å². The number of halogens is 1. The van der Waals surface area contributed by atoms with Crippen LogP contribution in [0.5, 0.6) is 11.5 Å². The van der Waals surface area contributed by atoms with Gasteiger partial charge in [-0.05, 0) is 32.0 Å². The number of carbonyl (C=O) groups is 1. The van der Waals surface area contributed by atoms with E-state index in [0.717, 1.165) is 18.8 Å². The van der Waals surface area contributed by atoms with E-state index < -0.39 is 0 Å². The molecule has 3 rings (SSSR count). The normalized spacial score (nSPS) is 13.9. The van der Waals surface area contributed by atoms with E-state index in [1.807, 2.05) is 26.0 Å². The SMILES string of the molecule is CCOc1cc(N2CCOCC2)c(OCC)cc1NC(=O)c1cccc(Cl)c1. The Morgan fingerprint density at radius 3 is 2.50 bits per heavy atom. The molecule has 1 aliphatic rings. The summed E-state index contributed by atoms with van der Waals surface area (Å²) in [4.78, 5) is 14.9. The molecule has 1 saturated heterocycles. The molecule has 2 aromatic rings. The van der Waals surface area contributed by atoms with Crippen molar-refractivity contribution < 1.29 is 19.0 Å². The number of carbonyl (C=O) groups excluding carboxylic acids is 1. The van der Waals surface area contributed by atoms with Crippen molar-refractivity contribution in [2.75, 3.05) is 49.7 Å². The lowest BCUT2D eigenvalue weighted by Gasteiger charge is -2.31. The molecule has 0 aromatic heterocycles. The number of nitrogens with zero attached hydrogens (tertiary/aromatic N) is 1. The van der Waals surface area contributed by atoms with E-state index >= 15 is 0 Å². The van der Waals surface area contributed by atoms with E-state index in [2.05, 4.69) is 10.2 Å².